The van der Waals surface area contributed by atoms with Crippen molar-refractivity contribution < 1.29 is 0 Å². The number of pyridine rings is 1. The van der Waals surface area contributed by atoms with Crippen LogP contribution < -0.4 is 0 Å². The molecule has 0 bridgehead atoms. The number of benzene rings is 3. The number of aromatic nitrogens is 2. The number of rotatable bonds is 4. The number of hydrazine groups is 1. The lowest BCUT2D eigenvalue weighted by molar-refractivity contribution is 0.450. The number of hydrogen-bond acceptors (Lipinski definition) is 3. The molecule has 1 saturated heterocycles. The normalized spacial score (nSPS) is 24.4. The molecule has 1 fully saturated rings. The third kappa shape index (κ3) is 3.77. The molecule has 1 aliphatic carbocycles. The summed E-state index contributed by atoms with van der Waals surface area (Å²) in [6, 6.07) is 30.1. The van der Waals surface area contributed by atoms with Crippen LogP contribution in [0.25, 0.3) is 27.6 Å². The molecule has 2 aromatic heterocycles. The Labute approximate surface area is 246 Å². The summed E-state index contributed by atoms with van der Waals surface area (Å²) in [5, 5.41) is 16.0. The minimum atomic E-state index is 0.0437. The van der Waals surface area contributed by atoms with Gasteiger partial charge in [0.15, 0.2) is 0 Å². The summed E-state index contributed by atoms with van der Waals surface area (Å²) in [7, 11) is 0. The summed E-state index contributed by atoms with van der Waals surface area (Å²) in [5.74, 6) is 1.17. The van der Waals surface area contributed by atoms with Crippen molar-refractivity contribution in [1.29, 1.82) is 5.41 Å². The average molecular weight is 548 g/mol. The first-order chi connectivity index (χ1) is 20.5. The number of hydrogen-bond donors (Lipinski definition) is 1. The van der Waals surface area contributed by atoms with Crippen LogP contribution in [0.1, 0.15) is 42.9 Å². The molecule has 0 amide bonds. The van der Waals surface area contributed by atoms with Gasteiger partial charge in [-0.25, -0.2) is 9.99 Å². The molecule has 4 unspecified atom stereocenters. The smallest absolute Gasteiger partial charge is 0.149 e. The molecule has 3 aromatic carbocycles. The van der Waals surface area contributed by atoms with Crippen LogP contribution >= 0.6 is 0 Å². The Morgan fingerprint density at radius 1 is 0.929 bits per heavy atom. The monoisotopic (exact) mass is 547 g/mol. The summed E-state index contributed by atoms with van der Waals surface area (Å²) in [4.78, 5) is 4.74. The van der Waals surface area contributed by atoms with E-state index in [1.165, 1.54) is 16.5 Å². The standard InChI is InChI=1S/C37H33N5/c1-25-19-23-40-36(33(25)26-15-17-28(18-16-26)37(2)20-6-3-7-21-37)42(40)34(38)27-10-8-11-29(24-27)41-32-14-5-4-12-30(32)31-13-9-22-39-35(31)41/h3-20,22-25,33,36,38H,21H2,1-2H3. The molecular formula is C37H33N5. The van der Waals surface area contributed by atoms with Crippen LogP contribution in [0.15, 0.2) is 128 Å². The van der Waals surface area contributed by atoms with Crippen molar-refractivity contribution in [1.82, 2.24) is 19.6 Å². The Morgan fingerprint density at radius 3 is 2.60 bits per heavy atom. The number of nitrogens with one attached hydrogen (secondary N) is 1. The molecule has 8 rings (SSSR count). The molecule has 0 saturated carbocycles. The van der Waals surface area contributed by atoms with Crippen molar-refractivity contribution in [3.05, 3.63) is 144 Å². The molecular weight excluding hydrogens is 514 g/mol. The number of para-hydroxylation sites is 1. The van der Waals surface area contributed by atoms with Crippen LogP contribution in [-0.4, -0.2) is 31.6 Å². The lowest BCUT2D eigenvalue weighted by atomic mass is 9.76. The van der Waals surface area contributed by atoms with E-state index in [1.54, 1.807) is 0 Å². The van der Waals surface area contributed by atoms with Gasteiger partial charge in [0.2, 0.25) is 0 Å². The average Bonchev–Trinajstić information content (AvgIpc) is 3.66. The fourth-order valence-electron chi connectivity index (χ4n) is 7.02. The predicted octanol–water partition coefficient (Wildman–Crippen LogP) is 8.08. The van der Waals surface area contributed by atoms with E-state index < -0.39 is 0 Å². The first kappa shape index (κ1) is 24.9. The topological polar surface area (TPSA) is 47.7 Å². The van der Waals surface area contributed by atoms with Crippen molar-refractivity contribution >= 4 is 27.8 Å². The van der Waals surface area contributed by atoms with Crippen LogP contribution in [-0.2, 0) is 5.41 Å². The van der Waals surface area contributed by atoms with E-state index in [1.807, 2.05) is 18.3 Å². The third-order valence-corrected chi connectivity index (χ3v) is 9.39. The van der Waals surface area contributed by atoms with E-state index in [0.29, 0.717) is 11.8 Å². The molecule has 206 valence electrons. The number of allylic oxidation sites excluding steroid dienone is 5. The second-order valence-corrected chi connectivity index (χ2v) is 12.0. The van der Waals surface area contributed by atoms with Gasteiger partial charge in [0.25, 0.3) is 0 Å². The second-order valence-electron chi connectivity index (χ2n) is 12.0. The molecule has 5 heteroatoms. The minimum absolute atomic E-state index is 0.0437. The van der Waals surface area contributed by atoms with E-state index >= 15 is 0 Å². The Kier molecular flexibility index (Phi) is 5.51. The Hall–Kier alpha value is -4.90. The van der Waals surface area contributed by atoms with Crippen LogP contribution in [0.3, 0.4) is 0 Å². The maximum atomic E-state index is 9.31. The molecule has 5 aromatic rings. The van der Waals surface area contributed by atoms with Crippen LogP contribution in [0.2, 0.25) is 0 Å². The number of nitrogens with zero attached hydrogens (tertiary/aromatic N) is 4. The quantitative estimate of drug-likeness (QED) is 0.141. The van der Waals surface area contributed by atoms with Crippen LogP contribution in [0.4, 0.5) is 0 Å². The molecule has 4 heterocycles. The van der Waals surface area contributed by atoms with E-state index in [0.717, 1.165) is 34.2 Å². The first-order valence-electron chi connectivity index (χ1n) is 14.8. The Bertz CT molecular complexity index is 1890. The predicted molar refractivity (Wildman–Crippen MR) is 171 cm³/mol. The van der Waals surface area contributed by atoms with Gasteiger partial charge in [0, 0.05) is 45.8 Å². The highest BCUT2D eigenvalue weighted by Crippen LogP contribution is 2.48. The largest absolute Gasteiger partial charge is 0.294 e. The third-order valence-electron chi connectivity index (χ3n) is 9.39. The highest BCUT2D eigenvalue weighted by molar-refractivity contribution is 6.08. The summed E-state index contributed by atoms with van der Waals surface area (Å²) in [5.41, 5.74) is 6.67. The van der Waals surface area contributed by atoms with Crippen molar-refractivity contribution in [2.24, 2.45) is 5.92 Å². The molecule has 0 spiro atoms. The van der Waals surface area contributed by atoms with Gasteiger partial charge >= 0.3 is 0 Å². The van der Waals surface area contributed by atoms with Crippen molar-refractivity contribution in [3.63, 3.8) is 0 Å². The zero-order valence-electron chi connectivity index (χ0n) is 23.9. The highest BCUT2D eigenvalue weighted by Gasteiger charge is 2.54. The maximum Gasteiger partial charge on any atom is 0.149 e. The molecule has 1 N–H and O–H groups in total. The van der Waals surface area contributed by atoms with Gasteiger partial charge in [0.1, 0.15) is 17.6 Å². The van der Waals surface area contributed by atoms with E-state index in [-0.39, 0.29) is 17.5 Å². The summed E-state index contributed by atoms with van der Waals surface area (Å²) in [6.07, 6.45) is 16.3. The lowest BCUT2D eigenvalue weighted by Crippen LogP contribution is -2.23. The van der Waals surface area contributed by atoms with Crippen molar-refractivity contribution in [2.45, 2.75) is 37.8 Å². The first-order valence-corrected chi connectivity index (χ1v) is 14.8. The van der Waals surface area contributed by atoms with Crippen molar-refractivity contribution in [3.8, 4) is 5.69 Å². The zero-order valence-corrected chi connectivity index (χ0v) is 23.9. The number of fused-ring (bicyclic) bond motifs is 4. The lowest BCUT2D eigenvalue weighted by Gasteiger charge is -2.28. The molecule has 4 atom stereocenters. The van der Waals surface area contributed by atoms with Gasteiger partial charge in [-0.1, -0.05) is 98.8 Å². The molecule has 3 aliphatic rings. The van der Waals surface area contributed by atoms with E-state index in [4.69, 9.17) is 4.98 Å². The summed E-state index contributed by atoms with van der Waals surface area (Å²) >= 11 is 0. The SMILES string of the molecule is CC1C=CN2C(C1c1ccc(C3(C)C=CC=CC3)cc1)N2C(=N)c1cccc(-n2c3ccccc3c3cccnc32)c1. The van der Waals surface area contributed by atoms with E-state index in [2.05, 4.69) is 138 Å². The molecule has 0 radical (unpaired) electrons. The molecule has 5 nitrogen and oxygen atoms in total. The van der Waals surface area contributed by atoms with Gasteiger partial charge in [-0.15, -0.1) is 0 Å². The Morgan fingerprint density at radius 2 is 1.76 bits per heavy atom. The van der Waals surface area contributed by atoms with Crippen LogP contribution in [0.5, 0.6) is 0 Å². The Balaban J connectivity index is 1.11. The highest BCUT2D eigenvalue weighted by atomic mass is 15.9. The molecule has 2 aliphatic heterocycles. The fourth-order valence-corrected chi connectivity index (χ4v) is 7.02. The second kappa shape index (κ2) is 9.31. The van der Waals surface area contributed by atoms with Gasteiger partial charge in [-0.3, -0.25) is 15.0 Å². The maximum absolute atomic E-state index is 9.31. The minimum Gasteiger partial charge on any atom is -0.294 e. The van der Waals surface area contributed by atoms with Crippen LogP contribution in [0, 0.1) is 11.3 Å². The fraction of sp³-hybridized carbons (Fsp3) is 0.189. The summed E-state index contributed by atoms with van der Waals surface area (Å²) in [6.45, 7) is 4.60. The zero-order chi connectivity index (χ0) is 28.4. The van der Waals surface area contributed by atoms with Gasteiger partial charge in [0.05, 0.1) is 5.52 Å². The van der Waals surface area contributed by atoms with Gasteiger partial charge < -0.3 is 0 Å². The van der Waals surface area contributed by atoms with Gasteiger partial charge in [-0.2, -0.15) is 0 Å². The van der Waals surface area contributed by atoms with Gasteiger partial charge in [-0.05, 0) is 53.8 Å². The summed E-state index contributed by atoms with van der Waals surface area (Å²) < 4.78 is 2.21. The number of amidine groups is 1. The molecule has 42 heavy (non-hydrogen) atoms. The van der Waals surface area contributed by atoms with Crippen molar-refractivity contribution in [2.75, 3.05) is 0 Å². The van der Waals surface area contributed by atoms with E-state index in [9.17, 15) is 5.41 Å².